The first kappa shape index (κ1) is 28.9. The van der Waals surface area contributed by atoms with E-state index in [2.05, 4.69) is 10.2 Å². The number of carbonyl (C=O) groups excluding carboxylic acids is 4. The number of H-pyrrole nitrogens is 1. The Morgan fingerprint density at radius 1 is 1.11 bits per heavy atom. The lowest BCUT2D eigenvalue weighted by Crippen LogP contribution is -2.46. The zero-order valence-electron chi connectivity index (χ0n) is 18.7. The predicted molar refractivity (Wildman–Crippen MR) is 118 cm³/mol. The van der Waals surface area contributed by atoms with E-state index in [0.29, 0.717) is 0 Å². The zero-order valence-corrected chi connectivity index (χ0v) is 21.0. The highest BCUT2D eigenvalue weighted by Crippen LogP contribution is 2.44. The number of carbonyl (C=O) groups is 4. The van der Waals surface area contributed by atoms with Crippen molar-refractivity contribution in [3.63, 3.8) is 0 Å². The summed E-state index contributed by atoms with van der Waals surface area (Å²) < 4.78 is 18.5. The lowest BCUT2D eigenvalue weighted by molar-refractivity contribution is -0.386. The van der Waals surface area contributed by atoms with Crippen LogP contribution in [0.5, 0.6) is 0 Å². The van der Waals surface area contributed by atoms with Crippen molar-refractivity contribution < 1.29 is 43.0 Å². The molecule has 196 valence electrons. The lowest BCUT2D eigenvalue weighted by Gasteiger charge is -2.29. The summed E-state index contributed by atoms with van der Waals surface area (Å²) in [5, 5.41) is 26.9. The van der Waals surface area contributed by atoms with Crippen LogP contribution < -0.4 is 0 Å². The van der Waals surface area contributed by atoms with E-state index >= 15 is 0 Å². The van der Waals surface area contributed by atoms with Gasteiger partial charge in [-0.25, -0.2) is 4.79 Å². The predicted octanol–water partition coefficient (Wildman–Crippen LogP) is 1.85. The Kier molecular flexibility index (Phi) is 9.30. The van der Waals surface area contributed by atoms with Crippen molar-refractivity contribution >= 4 is 64.5 Å². The zero-order chi connectivity index (χ0) is 27.4. The van der Waals surface area contributed by atoms with Crippen molar-refractivity contribution in [1.29, 1.82) is 5.26 Å². The van der Waals surface area contributed by atoms with Gasteiger partial charge < -0.3 is 18.9 Å². The van der Waals surface area contributed by atoms with E-state index < -0.39 is 87.3 Å². The highest BCUT2D eigenvalue weighted by Gasteiger charge is 2.59. The van der Waals surface area contributed by atoms with Crippen LogP contribution in [0.3, 0.4) is 0 Å². The molecule has 0 saturated carbocycles. The Bertz CT molecular complexity index is 1100. The van der Waals surface area contributed by atoms with Crippen LogP contribution in [0.15, 0.2) is 0 Å². The minimum Gasteiger partial charge on any atom is -0.464 e. The highest BCUT2D eigenvalue weighted by molar-refractivity contribution is 6.67. The van der Waals surface area contributed by atoms with E-state index in [1.54, 1.807) is 0 Å². The smallest absolute Gasteiger partial charge is 0.411 e. The SMILES string of the molecule is CC(=O)OC[C@@H]1[C@@H](OC(C)=O)[C@@H](OC(C)=O)[C@H](c2[nH]nc(C#N)c2[N+](=O)[O-])N1C(=O)OCC(Cl)(Cl)Cl. The minimum absolute atomic E-state index is 0.476. The molecule has 2 heterocycles. The van der Waals surface area contributed by atoms with Crippen LogP contribution in [0.2, 0.25) is 0 Å². The number of hydrogen-bond donors (Lipinski definition) is 1. The third-order valence-corrected chi connectivity index (χ3v) is 4.98. The fraction of sp³-hybridized carbons (Fsp3) is 0.556. The Morgan fingerprint density at radius 2 is 1.69 bits per heavy atom. The highest BCUT2D eigenvalue weighted by atomic mass is 35.6. The molecular weight excluding hydrogens is 553 g/mol. The Hall–Kier alpha value is -3.35. The molecule has 2 rings (SSSR count). The lowest BCUT2D eigenvalue weighted by atomic mass is 10.0. The number of alkyl halides is 3. The van der Waals surface area contributed by atoms with Gasteiger partial charge in [-0.05, 0) is 0 Å². The molecule has 4 atom stereocenters. The molecule has 0 aliphatic carbocycles. The van der Waals surface area contributed by atoms with Gasteiger partial charge in [0.2, 0.25) is 9.49 Å². The molecule has 0 radical (unpaired) electrons. The van der Waals surface area contributed by atoms with Gasteiger partial charge in [-0.15, -0.1) is 0 Å². The number of amides is 1. The van der Waals surface area contributed by atoms with E-state index in [0.717, 1.165) is 25.7 Å². The summed E-state index contributed by atoms with van der Waals surface area (Å²) in [6.45, 7) is 1.65. The van der Waals surface area contributed by atoms with Gasteiger partial charge >= 0.3 is 29.7 Å². The first-order valence-electron chi connectivity index (χ1n) is 9.80. The Morgan fingerprint density at radius 3 is 2.17 bits per heavy atom. The van der Waals surface area contributed by atoms with Gasteiger partial charge in [-0.1, -0.05) is 34.8 Å². The maximum atomic E-state index is 13.2. The summed E-state index contributed by atoms with van der Waals surface area (Å²) in [5.41, 5.74) is -1.98. The molecule has 0 aromatic carbocycles. The summed E-state index contributed by atoms with van der Waals surface area (Å²) in [4.78, 5) is 60.1. The minimum atomic E-state index is -2.06. The molecule has 15 nitrogen and oxygen atoms in total. The maximum absolute atomic E-state index is 13.2. The molecule has 18 heteroatoms. The molecule has 1 amide bonds. The number of nitriles is 1. The second-order valence-corrected chi connectivity index (χ2v) is 9.76. The Balaban J connectivity index is 2.77. The van der Waals surface area contributed by atoms with Crippen molar-refractivity contribution in [2.24, 2.45) is 0 Å². The Labute approximate surface area is 217 Å². The first-order valence-corrected chi connectivity index (χ1v) is 10.9. The van der Waals surface area contributed by atoms with Gasteiger partial charge in [0.25, 0.3) is 0 Å². The average Bonchev–Trinajstić information content (AvgIpc) is 3.28. The monoisotopic (exact) mass is 569 g/mol. The number of rotatable bonds is 7. The molecule has 1 aliphatic heterocycles. The van der Waals surface area contributed by atoms with E-state index in [-0.39, 0.29) is 0 Å². The number of likely N-dealkylation sites (tertiary alicyclic amines) is 1. The van der Waals surface area contributed by atoms with Crippen LogP contribution in [0, 0.1) is 21.4 Å². The summed E-state index contributed by atoms with van der Waals surface area (Å²) in [6.07, 6.45) is -4.42. The number of aromatic nitrogens is 2. The second kappa shape index (κ2) is 11.6. The largest absolute Gasteiger partial charge is 0.464 e. The molecule has 1 saturated heterocycles. The van der Waals surface area contributed by atoms with Crippen LogP contribution in [-0.2, 0) is 33.3 Å². The number of nitrogens with zero attached hydrogens (tertiary/aromatic N) is 4. The van der Waals surface area contributed by atoms with Crippen LogP contribution in [0.4, 0.5) is 10.5 Å². The first-order chi connectivity index (χ1) is 16.7. The molecular formula is C18H18Cl3N5O10. The average molecular weight is 571 g/mol. The van der Waals surface area contributed by atoms with Crippen LogP contribution in [0.1, 0.15) is 38.2 Å². The van der Waals surface area contributed by atoms with Gasteiger partial charge in [0.15, 0.2) is 12.2 Å². The fourth-order valence-electron chi connectivity index (χ4n) is 3.55. The van der Waals surface area contributed by atoms with Gasteiger partial charge in [0.05, 0.1) is 4.92 Å². The summed E-state index contributed by atoms with van der Waals surface area (Å²) in [5.74, 6) is -2.61. The van der Waals surface area contributed by atoms with Crippen LogP contribution >= 0.6 is 34.8 Å². The standard InChI is InChI=1S/C18H18Cl3N5O10/c1-7(27)33-5-11-15(35-8(2)28)16(36-9(3)29)14(25(11)17(30)34-6-18(19,20)21)12-13(26(31)32)10(4-22)23-24-12/h11,14-16H,5-6H2,1-3H3,(H,23,24)/t11-,14+,15-,16+/m1/s1. The topological polar surface area (TPSA) is 204 Å². The summed E-state index contributed by atoms with van der Waals surface area (Å²) in [7, 11) is 0. The second-order valence-electron chi connectivity index (χ2n) is 7.24. The molecule has 0 unspecified atom stereocenters. The van der Waals surface area contributed by atoms with Gasteiger partial charge in [-0.2, -0.15) is 10.4 Å². The molecule has 1 fully saturated rings. The fourth-order valence-corrected chi connectivity index (χ4v) is 3.71. The number of nitrogens with one attached hydrogen (secondary N) is 1. The van der Waals surface area contributed by atoms with Crippen molar-refractivity contribution in [3.05, 3.63) is 21.5 Å². The molecule has 36 heavy (non-hydrogen) atoms. The maximum Gasteiger partial charge on any atom is 0.411 e. The number of hydrogen-bond acceptors (Lipinski definition) is 12. The molecule has 1 aromatic heterocycles. The van der Waals surface area contributed by atoms with Crippen LogP contribution in [0.25, 0.3) is 0 Å². The van der Waals surface area contributed by atoms with Crippen molar-refractivity contribution in [1.82, 2.24) is 15.1 Å². The van der Waals surface area contributed by atoms with Gasteiger partial charge in [0, 0.05) is 20.8 Å². The number of ether oxygens (including phenoxy) is 4. The third-order valence-electron chi connectivity index (χ3n) is 4.65. The van der Waals surface area contributed by atoms with Crippen molar-refractivity contribution in [3.8, 4) is 6.07 Å². The normalized spacial score (nSPS) is 21.3. The van der Waals surface area contributed by atoms with Crippen molar-refractivity contribution in [2.75, 3.05) is 13.2 Å². The van der Waals surface area contributed by atoms with E-state index in [4.69, 9.17) is 53.8 Å². The number of esters is 3. The van der Waals surface area contributed by atoms with E-state index in [1.807, 2.05) is 0 Å². The summed E-state index contributed by atoms with van der Waals surface area (Å²) >= 11 is 16.9. The molecule has 0 spiro atoms. The van der Waals surface area contributed by atoms with Crippen molar-refractivity contribution in [2.45, 2.75) is 48.9 Å². The van der Waals surface area contributed by atoms with E-state index in [1.165, 1.54) is 6.07 Å². The third kappa shape index (κ3) is 6.86. The van der Waals surface area contributed by atoms with Gasteiger partial charge in [0.1, 0.15) is 37.1 Å². The number of nitro groups is 1. The quantitative estimate of drug-likeness (QED) is 0.164. The molecule has 1 aliphatic rings. The molecule has 1 aromatic rings. The number of halogens is 3. The number of aromatic amines is 1. The van der Waals surface area contributed by atoms with E-state index in [9.17, 15) is 34.6 Å². The summed E-state index contributed by atoms with van der Waals surface area (Å²) in [6, 6.07) is -1.54. The van der Waals surface area contributed by atoms with Crippen LogP contribution in [-0.4, -0.2) is 79.3 Å². The molecule has 1 N–H and O–H groups in total. The molecule has 0 bridgehead atoms. The van der Waals surface area contributed by atoms with Gasteiger partial charge in [-0.3, -0.25) is 34.5 Å².